The fourth-order valence-electron chi connectivity index (χ4n) is 2.38. The molecular formula is C19H19N3O3. The molecule has 0 aliphatic rings. The summed E-state index contributed by atoms with van der Waals surface area (Å²) in [5.41, 5.74) is 1.77. The molecule has 0 fully saturated rings. The molecule has 0 radical (unpaired) electrons. The van der Waals surface area contributed by atoms with Gasteiger partial charge in [0.15, 0.2) is 0 Å². The van der Waals surface area contributed by atoms with Crippen molar-refractivity contribution in [1.29, 1.82) is 0 Å². The summed E-state index contributed by atoms with van der Waals surface area (Å²) in [6, 6.07) is 19.9. The van der Waals surface area contributed by atoms with Crippen LogP contribution in [0, 0.1) is 0 Å². The normalized spacial score (nSPS) is 11.7. The van der Waals surface area contributed by atoms with Gasteiger partial charge in [-0.3, -0.25) is 9.89 Å². The molecule has 0 aliphatic carbocycles. The van der Waals surface area contributed by atoms with Gasteiger partial charge in [-0.05, 0) is 23.8 Å². The van der Waals surface area contributed by atoms with Crippen molar-refractivity contribution >= 4 is 5.91 Å². The number of rotatable bonds is 7. The fraction of sp³-hybridized carbons (Fsp3) is 0.158. The number of aliphatic hydroxyl groups is 1. The molecule has 0 spiro atoms. The third-order valence-corrected chi connectivity index (χ3v) is 3.69. The average molecular weight is 337 g/mol. The SMILES string of the molecule is O=C(N[C@H](CO)c1ccccc1)c1cc(COc2ccccc2)[nH]n1. The zero-order valence-corrected chi connectivity index (χ0v) is 13.6. The lowest BCUT2D eigenvalue weighted by Gasteiger charge is -2.15. The van der Waals surface area contributed by atoms with E-state index in [9.17, 15) is 9.90 Å². The highest BCUT2D eigenvalue weighted by Crippen LogP contribution is 2.14. The molecular weight excluding hydrogens is 318 g/mol. The number of ether oxygens (including phenoxy) is 1. The van der Waals surface area contributed by atoms with E-state index in [1.165, 1.54) is 0 Å². The number of H-pyrrole nitrogens is 1. The van der Waals surface area contributed by atoms with Crippen molar-refractivity contribution in [1.82, 2.24) is 15.5 Å². The van der Waals surface area contributed by atoms with Crippen LogP contribution in [0.3, 0.4) is 0 Å². The molecule has 3 N–H and O–H groups in total. The molecule has 1 atom stereocenters. The maximum Gasteiger partial charge on any atom is 0.272 e. The molecule has 3 rings (SSSR count). The van der Waals surface area contributed by atoms with E-state index in [1.54, 1.807) is 6.07 Å². The monoisotopic (exact) mass is 337 g/mol. The van der Waals surface area contributed by atoms with Crippen LogP contribution in [0.4, 0.5) is 0 Å². The lowest BCUT2D eigenvalue weighted by molar-refractivity contribution is 0.0911. The number of benzene rings is 2. The van der Waals surface area contributed by atoms with Gasteiger partial charge in [-0.1, -0.05) is 48.5 Å². The van der Waals surface area contributed by atoms with Crippen molar-refractivity contribution in [3.05, 3.63) is 83.7 Å². The van der Waals surface area contributed by atoms with Crippen molar-refractivity contribution in [2.45, 2.75) is 12.6 Å². The van der Waals surface area contributed by atoms with E-state index in [1.807, 2.05) is 60.7 Å². The van der Waals surface area contributed by atoms with Crippen LogP contribution in [0.2, 0.25) is 0 Å². The van der Waals surface area contributed by atoms with E-state index >= 15 is 0 Å². The second-order valence-corrected chi connectivity index (χ2v) is 5.50. The summed E-state index contributed by atoms with van der Waals surface area (Å²) in [5, 5.41) is 19.1. The first-order valence-electron chi connectivity index (χ1n) is 7.95. The van der Waals surface area contributed by atoms with Crippen molar-refractivity contribution in [3.8, 4) is 5.75 Å². The van der Waals surface area contributed by atoms with Crippen LogP contribution in [0.1, 0.15) is 27.8 Å². The van der Waals surface area contributed by atoms with Gasteiger partial charge < -0.3 is 15.2 Å². The number of carbonyl (C=O) groups is 1. The molecule has 0 saturated carbocycles. The van der Waals surface area contributed by atoms with Crippen LogP contribution in [0.5, 0.6) is 5.75 Å². The average Bonchev–Trinajstić information content (AvgIpc) is 3.15. The molecule has 0 aliphatic heterocycles. The molecule has 128 valence electrons. The number of nitrogens with one attached hydrogen (secondary N) is 2. The van der Waals surface area contributed by atoms with Crippen LogP contribution in [0.25, 0.3) is 0 Å². The number of para-hydroxylation sites is 1. The predicted molar refractivity (Wildman–Crippen MR) is 93.1 cm³/mol. The van der Waals surface area contributed by atoms with E-state index in [-0.39, 0.29) is 24.8 Å². The minimum Gasteiger partial charge on any atom is -0.487 e. The van der Waals surface area contributed by atoms with Crippen LogP contribution in [-0.4, -0.2) is 27.8 Å². The molecule has 2 aromatic carbocycles. The Morgan fingerprint density at radius 1 is 1.12 bits per heavy atom. The quantitative estimate of drug-likeness (QED) is 0.618. The number of aromatic nitrogens is 2. The molecule has 1 heterocycles. The van der Waals surface area contributed by atoms with Gasteiger partial charge in [0.1, 0.15) is 18.1 Å². The third kappa shape index (κ3) is 4.45. The van der Waals surface area contributed by atoms with Crippen molar-refractivity contribution in [3.63, 3.8) is 0 Å². The number of aromatic amines is 1. The molecule has 1 amide bonds. The predicted octanol–water partition coefficient (Wildman–Crippen LogP) is 2.45. The second-order valence-electron chi connectivity index (χ2n) is 5.50. The maximum atomic E-state index is 12.3. The lowest BCUT2D eigenvalue weighted by atomic mass is 10.1. The summed E-state index contributed by atoms with van der Waals surface area (Å²) in [7, 11) is 0. The van der Waals surface area contributed by atoms with Gasteiger partial charge in [0, 0.05) is 0 Å². The highest BCUT2D eigenvalue weighted by atomic mass is 16.5. The Morgan fingerprint density at radius 2 is 1.80 bits per heavy atom. The van der Waals surface area contributed by atoms with Gasteiger partial charge >= 0.3 is 0 Å². The summed E-state index contributed by atoms with van der Waals surface area (Å²) in [4.78, 5) is 12.3. The first-order chi connectivity index (χ1) is 12.3. The van der Waals surface area contributed by atoms with Crippen LogP contribution in [-0.2, 0) is 6.61 Å². The van der Waals surface area contributed by atoms with E-state index in [4.69, 9.17) is 4.74 Å². The zero-order valence-electron chi connectivity index (χ0n) is 13.6. The van der Waals surface area contributed by atoms with Crippen molar-refractivity contribution in [2.24, 2.45) is 0 Å². The van der Waals surface area contributed by atoms with Crippen LogP contribution >= 0.6 is 0 Å². The smallest absolute Gasteiger partial charge is 0.272 e. The minimum absolute atomic E-state index is 0.190. The third-order valence-electron chi connectivity index (χ3n) is 3.69. The molecule has 0 bridgehead atoms. The fourth-order valence-corrected chi connectivity index (χ4v) is 2.38. The first-order valence-corrected chi connectivity index (χ1v) is 7.95. The molecule has 0 saturated heterocycles. The molecule has 25 heavy (non-hydrogen) atoms. The minimum atomic E-state index is -0.477. The lowest BCUT2D eigenvalue weighted by Crippen LogP contribution is -2.31. The molecule has 1 aromatic heterocycles. The highest BCUT2D eigenvalue weighted by Gasteiger charge is 2.17. The number of carbonyl (C=O) groups excluding carboxylic acids is 1. The Labute approximate surface area is 145 Å². The van der Waals surface area contributed by atoms with Gasteiger partial charge in [0.05, 0.1) is 18.3 Å². The van der Waals surface area contributed by atoms with Crippen LogP contribution < -0.4 is 10.1 Å². The summed E-state index contributed by atoms with van der Waals surface area (Å²) in [6.07, 6.45) is 0. The highest BCUT2D eigenvalue weighted by molar-refractivity contribution is 5.92. The number of aliphatic hydroxyl groups excluding tert-OH is 1. The Balaban J connectivity index is 1.60. The van der Waals surface area contributed by atoms with Crippen LogP contribution in [0.15, 0.2) is 66.7 Å². The molecule has 3 aromatic rings. The summed E-state index contributed by atoms with van der Waals surface area (Å²) in [5.74, 6) is 0.387. The van der Waals surface area contributed by atoms with Gasteiger partial charge in [0.2, 0.25) is 0 Å². The zero-order chi connectivity index (χ0) is 17.5. The summed E-state index contributed by atoms with van der Waals surface area (Å²) < 4.78 is 5.61. The van der Waals surface area contributed by atoms with Gasteiger partial charge in [-0.2, -0.15) is 5.10 Å². The Hall–Kier alpha value is -3.12. The van der Waals surface area contributed by atoms with Gasteiger partial charge in [-0.25, -0.2) is 0 Å². The Kier molecular flexibility index (Phi) is 5.43. The van der Waals surface area contributed by atoms with Crippen molar-refractivity contribution < 1.29 is 14.6 Å². The Bertz CT molecular complexity index is 803. The number of amides is 1. The van der Waals surface area contributed by atoms with E-state index < -0.39 is 6.04 Å². The molecule has 6 heteroatoms. The van der Waals surface area contributed by atoms with Gasteiger partial charge in [0.25, 0.3) is 5.91 Å². The van der Waals surface area contributed by atoms with E-state index in [2.05, 4.69) is 15.5 Å². The summed E-state index contributed by atoms with van der Waals surface area (Å²) in [6.45, 7) is 0.0938. The van der Waals surface area contributed by atoms with E-state index in [0.29, 0.717) is 5.69 Å². The number of nitrogens with zero attached hydrogens (tertiary/aromatic N) is 1. The number of hydrogen-bond donors (Lipinski definition) is 3. The first kappa shape index (κ1) is 16.7. The standard InChI is InChI=1S/C19H19N3O3/c23-12-18(14-7-3-1-4-8-14)20-19(24)17-11-15(21-22-17)13-25-16-9-5-2-6-10-16/h1-11,18,23H,12-13H2,(H,20,24)(H,21,22)/t18-/m1/s1. The maximum absolute atomic E-state index is 12.3. The van der Waals surface area contributed by atoms with E-state index in [0.717, 1.165) is 11.3 Å². The molecule has 6 nitrogen and oxygen atoms in total. The van der Waals surface area contributed by atoms with Crippen molar-refractivity contribution in [2.75, 3.05) is 6.61 Å². The topological polar surface area (TPSA) is 87.2 Å². The number of hydrogen-bond acceptors (Lipinski definition) is 4. The Morgan fingerprint density at radius 3 is 2.48 bits per heavy atom. The largest absolute Gasteiger partial charge is 0.487 e. The summed E-state index contributed by atoms with van der Waals surface area (Å²) >= 11 is 0. The second kappa shape index (κ2) is 8.12. The molecule has 0 unspecified atom stereocenters. The van der Waals surface area contributed by atoms with Gasteiger partial charge in [-0.15, -0.1) is 0 Å².